The first kappa shape index (κ1) is 19.8. The molecule has 2 aliphatic carbocycles. The van der Waals surface area contributed by atoms with E-state index in [2.05, 4.69) is 25.7 Å². The van der Waals surface area contributed by atoms with E-state index in [1.807, 2.05) is 7.11 Å². The summed E-state index contributed by atoms with van der Waals surface area (Å²) in [5.41, 5.74) is 0. The zero-order chi connectivity index (χ0) is 17.2. The van der Waals surface area contributed by atoms with Crippen LogP contribution in [0.4, 0.5) is 0 Å². The third-order valence-corrected chi connectivity index (χ3v) is 6.44. The van der Waals surface area contributed by atoms with Crippen LogP contribution in [0.5, 0.6) is 0 Å². The van der Waals surface area contributed by atoms with Gasteiger partial charge >= 0.3 is 0 Å². The normalized spacial score (nSPS) is 32.0. The molecule has 2 saturated carbocycles. The minimum Gasteiger partial charge on any atom is -0.381 e. The molecule has 0 spiro atoms. The molecule has 1 heteroatoms. The van der Waals surface area contributed by atoms with Crippen LogP contribution in [0.3, 0.4) is 0 Å². The molecule has 2 aliphatic rings. The van der Waals surface area contributed by atoms with Crippen molar-refractivity contribution in [2.45, 2.75) is 103 Å². The molecule has 0 saturated heterocycles. The Morgan fingerprint density at radius 3 is 2.00 bits per heavy atom. The van der Waals surface area contributed by atoms with Crippen LogP contribution in [0.2, 0.25) is 0 Å². The standard InChI is InChI=1S/C23H40O/c1-4-6-19(2)7-5-8-20-9-11-21(12-10-20)13-14-22-15-17-23(24-3)18-16-22/h19-23H,4-12,15-18H2,1-3H3. The zero-order valence-electron chi connectivity index (χ0n) is 16.5. The van der Waals surface area contributed by atoms with Crippen LogP contribution in [-0.2, 0) is 4.74 Å². The van der Waals surface area contributed by atoms with Gasteiger partial charge < -0.3 is 4.74 Å². The van der Waals surface area contributed by atoms with E-state index < -0.39 is 0 Å². The molecular weight excluding hydrogens is 292 g/mol. The second-order valence-electron chi connectivity index (χ2n) is 8.54. The van der Waals surface area contributed by atoms with Crippen LogP contribution in [0.1, 0.15) is 97.3 Å². The van der Waals surface area contributed by atoms with Crippen molar-refractivity contribution in [2.24, 2.45) is 23.7 Å². The number of ether oxygens (including phenoxy) is 1. The van der Waals surface area contributed by atoms with Crippen molar-refractivity contribution >= 4 is 0 Å². The highest BCUT2D eigenvalue weighted by Crippen LogP contribution is 2.32. The first-order chi connectivity index (χ1) is 11.7. The number of rotatable bonds is 7. The fourth-order valence-corrected chi connectivity index (χ4v) is 4.67. The van der Waals surface area contributed by atoms with Gasteiger partial charge in [0.1, 0.15) is 0 Å². The van der Waals surface area contributed by atoms with Gasteiger partial charge in [-0.3, -0.25) is 0 Å². The van der Waals surface area contributed by atoms with Gasteiger partial charge in [-0.1, -0.05) is 57.8 Å². The highest BCUT2D eigenvalue weighted by atomic mass is 16.5. The van der Waals surface area contributed by atoms with Crippen LogP contribution in [0.15, 0.2) is 0 Å². The second kappa shape index (κ2) is 11.2. The van der Waals surface area contributed by atoms with Gasteiger partial charge in [-0.25, -0.2) is 0 Å². The average Bonchev–Trinajstić information content (AvgIpc) is 2.62. The zero-order valence-corrected chi connectivity index (χ0v) is 16.5. The van der Waals surface area contributed by atoms with Gasteiger partial charge in [-0.2, -0.15) is 0 Å². The van der Waals surface area contributed by atoms with Crippen molar-refractivity contribution in [3.63, 3.8) is 0 Å². The number of hydrogen-bond donors (Lipinski definition) is 0. The number of hydrogen-bond acceptors (Lipinski definition) is 1. The molecule has 0 N–H and O–H groups in total. The molecule has 2 fully saturated rings. The lowest BCUT2D eigenvalue weighted by Crippen LogP contribution is -2.19. The summed E-state index contributed by atoms with van der Waals surface area (Å²) in [6, 6.07) is 0. The highest BCUT2D eigenvalue weighted by Gasteiger charge is 2.21. The molecule has 0 radical (unpaired) electrons. The van der Waals surface area contributed by atoms with Crippen molar-refractivity contribution in [1.29, 1.82) is 0 Å². The highest BCUT2D eigenvalue weighted by molar-refractivity contribution is 5.09. The predicted molar refractivity (Wildman–Crippen MR) is 104 cm³/mol. The summed E-state index contributed by atoms with van der Waals surface area (Å²) in [4.78, 5) is 0. The summed E-state index contributed by atoms with van der Waals surface area (Å²) in [6.45, 7) is 4.73. The van der Waals surface area contributed by atoms with E-state index in [4.69, 9.17) is 4.74 Å². The Bertz CT molecular complexity index is 375. The van der Waals surface area contributed by atoms with Gasteiger partial charge in [0.25, 0.3) is 0 Å². The molecule has 1 unspecified atom stereocenters. The van der Waals surface area contributed by atoms with Crippen LogP contribution in [0.25, 0.3) is 0 Å². The maximum Gasteiger partial charge on any atom is 0.0572 e. The molecule has 2 rings (SSSR count). The summed E-state index contributed by atoms with van der Waals surface area (Å²) in [6.07, 6.45) is 18.1. The topological polar surface area (TPSA) is 9.23 Å². The first-order valence-electron chi connectivity index (χ1n) is 10.7. The second-order valence-corrected chi connectivity index (χ2v) is 8.54. The van der Waals surface area contributed by atoms with E-state index in [-0.39, 0.29) is 0 Å². The summed E-state index contributed by atoms with van der Waals surface area (Å²) in [5.74, 6) is 10.5. The fraction of sp³-hybridized carbons (Fsp3) is 0.913. The molecule has 0 aromatic carbocycles. The van der Waals surface area contributed by atoms with E-state index in [1.54, 1.807) is 0 Å². The minimum absolute atomic E-state index is 0.499. The van der Waals surface area contributed by atoms with Crippen LogP contribution in [-0.4, -0.2) is 13.2 Å². The van der Waals surface area contributed by atoms with E-state index in [0.717, 1.165) is 11.8 Å². The Labute approximate surface area is 151 Å². The molecule has 1 atom stereocenters. The Morgan fingerprint density at radius 2 is 1.46 bits per heavy atom. The molecular formula is C23H40O. The summed E-state index contributed by atoms with van der Waals surface area (Å²) < 4.78 is 5.46. The Kier molecular flexibility index (Phi) is 9.26. The van der Waals surface area contributed by atoms with Gasteiger partial charge in [-0.15, -0.1) is 0 Å². The van der Waals surface area contributed by atoms with Gasteiger partial charge in [0.05, 0.1) is 6.10 Å². The van der Waals surface area contributed by atoms with Gasteiger partial charge in [0, 0.05) is 18.9 Å². The smallest absolute Gasteiger partial charge is 0.0572 e. The third-order valence-electron chi connectivity index (χ3n) is 6.44. The van der Waals surface area contributed by atoms with E-state index in [9.17, 15) is 0 Å². The quantitative estimate of drug-likeness (QED) is 0.477. The molecule has 1 nitrogen and oxygen atoms in total. The van der Waals surface area contributed by atoms with Gasteiger partial charge in [0.2, 0.25) is 0 Å². The van der Waals surface area contributed by atoms with Crippen molar-refractivity contribution in [3.05, 3.63) is 0 Å². The van der Waals surface area contributed by atoms with E-state index >= 15 is 0 Å². The lowest BCUT2D eigenvalue weighted by atomic mass is 9.79. The Balaban J connectivity index is 1.59. The number of methoxy groups -OCH3 is 1. The van der Waals surface area contributed by atoms with Crippen molar-refractivity contribution in [2.75, 3.05) is 7.11 Å². The summed E-state index contributed by atoms with van der Waals surface area (Å²) >= 11 is 0. The lowest BCUT2D eigenvalue weighted by Gasteiger charge is -2.27. The largest absolute Gasteiger partial charge is 0.381 e. The molecule has 0 amide bonds. The van der Waals surface area contributed by atoms with Crippen LogP contribution < -0.4 is 0 Å². The molecule has 0 heterocycles. The minimum atomic E-state index is 0.499. The maximum absolute atomic E-state index is 5.46. The SMILES string of the molecule is CCCC(C)CCCC1CCC(C#CC2CCC(OC)CC2)CC1. The summed E-state index contributed by atoms with van der Waals surface area (Å²) in [5, 5.41) is 0. The molecule has 0 aromatic rings. The fourth-order valence-electron chi connectivity index (χ4n) is 4.67. The molecule has 24 heavy (non-hydrogen) atoms. The average molecular weight is 333 g/mol. The van der Waals surface area contributed by atoms with Crippen molar-refractivity contribution < 1.29 is 4.74 Å². The predicted octanol–water partition coefficient (Wildman–Crippen LogP) is 6.61. The molecule has 0 aliphatic heterocycles. The molecule has 138 valence electrons. The van der Waals surface area contributed by atoms with Crippen molar-refractivity contribution in [1.82, 2.24) is 0 Å². The first-order valence-corrected chi connectivity index (χ1v) is 10.7. The summed E-state index contributed by atoms with van der Waals surface area (Å²) in [7, 11) is 1.85. The van der Waals surface area contributed by atoms with E-state index in [0.29, 0.717) is 17.9 Å². The van der Waals surface area contributed by atoms with Gasteiger partial charge in [0.15, 0.2) is 0 Å². The molecule has 0 bridgehead atoms. The Morgan fingerprint density at radius 1 is 0.875 bits per heavy atom. The van der Waals surface area contributed by atoms with Crippen LogP contribution in [0, 0.1) is 35.5 Å². The van der Waals surface area contributed by atoms with E-state index in [1.165, 1.54) is 83.5 Å². The molecule has 0 aromatic heterocycles. The van der Waals surface area contributed by atoms with Crippen molar-refractivity contribution in [3.8, 4) is 11.8 Å². The maximum atomic E-state index is 5.46. The Hall–Kier alpha value is -0.480. The van der Waals surface area contributed by atoms with Gasteiger partial charge in [-0.05, 0) is 63.2 Å². The lowest BCUT2D eigenvalue weighted by molar-refractivity contribution is 0.0636. The van der Waals surface area contributed by atoms with Crippen LogP contribution >= 0.6 is 0 Å². The monoisotopic (exact) mass is 332 g/mol. The third kappa shape index (κ3) is 7.18.